The van der Waals surface area contributed by atoms with E-state index in [1.165, 1.54) is 0 Å². The molecule has 1 N–H and O–H groups in total. The lowest BCUT2D eigenvalue weighted by Crippen LogP contribution is -2.14. The van der Waals surface area contributed by atoms with Crippen LogP contribution in [-0.4, -0.2) is 23.9 Å². The lowest BCUT2D eigenvalue weighted by atomic mass is 10.0. The van der Waals surface area contributed by atoms with E-state index in [9.17, 15) is 4.79 Å². The Morgan fingerprint density at radius 3 is 2.95 bits per heavy atom. The van der Waals surface area contributed by atoms with E-state index in [0.29, 0.717) is 24.5 Å². The zero-order valence-corrected chi connectivity index (χ0v) is 12.2. The van der Waals surface area contributed by atoms with E-state index in [1.54, 1.807) is 11.3 Å². The van der Waals surface area contributed by atoms with Crippen molar-refractivity contribution in [3.8, 4) is 11.3 Å². The molecule has 0 saturated carbocycles. The van der Waals surface area contributed by atoms with Gasteiger partial charge in [-0.3, -0.25) is 4.79 Å². The van der Waals surface area contributed by atoms with Crippen molar-refractivity contribution < 1.29 is 4.79 Å². The first-order valence-corrected chi connectivity index (χ1v) is 7.91. The van der Waals surface area contributed by atoms with Crippen LogP contribution >= 0.6 is 11.3 Å². The smallest absolute Gasteiger partial charge is 0.140 e. The van der Waals surface area contributed by atoms with Crippen LogP contribution in [0.25, 0.3) is 11.3 Å². The van der Waals surface area contributed by atoms with Crippen LogP contribution in [0.3, 0.4) is 0 Å². The number of benzene rings is 1. The number of Topliss-reactive ketones (excluding diaryl/α,β-unsaturated/α-hetero) is 1. The van der Waals surface area contributed by atoms with E-state index >= 15 is 0 Å². The third kappa shape index (κ3) is 3.32. The van der Waals surface area contributed by atoms with Gasteiger partial charge >= 0.3 is 0 Å². The highest BCUT2D eigenvalue weighted by Gasteiger charge is 2.19. The monoisotopic (exact) mass is 286 g/mol. The molecule has 4 heteroatoms. The summed E-state index contributed by atoms with van der Waals surface area (Å²) in [5.41, 5.74) is 2.09. The number of nitrogens with zero attached hydrogens (tertiary/aromatic N) is 1. The standard InChI is InChI=1S/C16H18N2OS/c19-14(8-12-6-7-17-10-12)9-16-18-15(11-20-16)13-4-2-1-3-5-13/h1-5,11-12,17H,6-10H2. The van der Waals surface area contributed by atoms with Crippen molar-refractivity contribution in [3.05, 3.63) is 40.7 Å². The maximum absolute atomic E-state index is 12.1. The number of thiazole rings is 1. The second-order valence-corrected chi connectivity index (χ2v) is 6.21. The summed E-state index contributed by atoms with van der Waals surface area (Å²) < 4.78 is 0. The number of carbonyl (C=O) groups excluding carboxylic acids is 1. The van der Waals surface area contributed by atoms with Crippen molar-refractivity contribution in [2.45, 2.75) is 19.3 Å². The van der Waals surface area contributed by atoms with Crippen LogP contribution in [0.2, 0.25) is 0 Å². The van der Waals surface area contributed by atoms with Crippen molar-refractivity contribution >= 4 is 17.1 Å². The minimum atomic E-state index is 0.313. The van der Waals surface area contributed by atoms with Gasteiger partial charge in [0.15, 0.2) is 0 Å². The van der Waals surface area contributed by atoms with E-state index in [-0.39, 0.29) is 0 Å². The third-order valence-corrected chi connectivity index (χ3v) is 4.50. The fourth-order valence-electron chi connectivity index (χ4n) is 2.59. The van der Waals surface area contributed by atoms with Gasteiger partial charge < -0.3 is 5.32 Å². The molecule has 1 aliphatic heterocycles. The molecule has 1 fully saturated rings. The van der Waals surface area contributed by atoms with Crippen molar-refractivity contribution in [2.75, 3.05) is 13.1 Å². The first-order valence-electron chi connectivity index (χ1n) is 7.03. The molecule has 20 heavy (non-hydrogen) atoms. The zero-order valence-electron chi connectivity index (χ0n) is 11.3. The van der Waals surface area contributed by atoms with Crippen LogP contribution in [-0.2, 0) is 11.2 Å². The molecule has 0 aliphatic carbocycles. The van der Waals surface area contributed by atoms with Gasteiger partial charge in [0.1, 0.15) is 10.8 Å². The van der Waals surface area contributed by atoms with E-state index < -0.39 is 0 Å². The van der Waals surface area contributed by atoms with E-state index in [4.69, 9.17) is 0 Å². The summed E-state index contributed by atoms with van der Waals surface area (Å²) in [6.45, 7) is 2.03. The molecular weight excluding hydrogens is 268 g/mol. The quantitative estimate of drug-likeness (QED) is 0.919. The number of nitrogens with one attached hydrogen (secondary N) is 1. The lowest BCUT2D eigenvalue weighted by molar-refractivity contribution is -0.119. The molecule has 0 bridgehead atoms. The maximum Gasteiger partial charge on any atom is 0.140 e. The number of rotatable bonds is 5. The van der Waals surface area contributed by atoms with Gasteiger partial charge in [-0.05, 0) is 25.4 Å². The molecule has 1 saturated heterocycles. The number of ketones is 1. The molecule has 1 atom stereocenters. The second-order valence-electron chi connectivity index (χ2n) is 5.27. The summed E-state index contributed by atoms with van der Waals surface area (Å²) >= 11 is 1.58. The molecule has 0 spiro atoms. The van der Waals surface area contributed by atoms with Gasteiger partial charge in [0.05, 0.1) is 12.1 Å². The van der Waals surface area contributed by atoms with Crippen LogP contribution in [0.4, 0.5) is 0 Å². The number of hydrogen-bond acceptors (Lipinski definition) is 4. The van der Waals surface area contributed by atoms with Crippen LogP contribution in [0, 0.1) is 5.92 Å². The summed E-state index contributed by atoms with van der Waals surface area (Å²) in [6, 6.07) is 10.1. The minimum absolute atomic E-state index is 0.313. The van der Waals surface area contributed by atoms with Crippen LogP contribution in [0.15, 0.2) is 35.7 Å². The zero-order chi connectivity index (χ0) is 13.8. The average molecular weight is 286 g/mol. The number of hydrogen-bond donors (Lipinski definition) is 1. The fraction of sp³-hybridized carbons (Fsp3) is 0.375. The molecule has 1 aromatic carbocycles. The predicted molar refractivity (Wildman–Crippen MR) is 81.9 cm³/mol. The van der Waals surface area contributed by atoms with E-state index in [0.717, 1.165) is 35.8 Å². The Balaban J connectivity index is 1.61. The van der Waals surface area contributed by atoms with Gasteiger partial charge in [-0.25, -0.2) is 4.98 Å². The van der Waals surface area contributed by atoms with Gasteiger partial charge in [-0.15, -0.1) is 11.3 Å². The molecule has 3 nitrogen and oxygen atoms in total. The average Bonchev–Trinajstić information content (AvgIpc) is 3.11. The van der Waals surface area contributed by atoms with Gasteiger partial charge in [-0.2, -0.15) is 0 Å². The topological polar surface area (TPSA) is 42.0 Å². The van der Waals surface area contributed by atoms with E-state index in [1.807, 2.05) is 35.7 Å². The predicted octanol–water partition coefficient (Wildman–Crippen LogP) is 2.92. The maximum atomic E-state index is 12.1. The van der Waals surface area contributed by atoms with Crippen molar-refractivity contribution in [3.63, 3.8) is 0 Å². The van der Waals surface area contributed by atoms with Crippen molar-refractivity contribution in [2.24, 2.45) is 5.92 Å². The lowest BCUT2D eigenvalue weighted by Gasteiger charge is -2.05. The normalized spacial score (nSPS) is 18.3. The van der Waals surface area contributed by atoms with Gasteiger partial charge in [0.25, 0.3) is 0 Å². The SMILES string of the molecule is O=C(Cc1nc(-c2ccccc2)cs1)CC1CCNC1. The van der Waals surface area contributed by atoms with Crippen LogP contribution in [0.1, 0.15) is 17.8 Å². The van der Waals surface area contributed by atoms with Crippen molar-refractivity contribution in [1.82, 2.24) is 10.3 Å². The molecule has 1 unspecified atom stereocenters. The summed E-state index contributed by atoms with van der Waals surface area (Å²) in [6.07, 6.45) is 2.29. The highest BCUT2D eigenvalue weighted by molar-refractivity contribution is 7.10. The number of aromatic nitrogens is 1. The van der Waals surface area contributed by atoms with Gasteiger partial charge in [-0.1, -0.05) is 30.3 Å². The fourth-order valence-corrected chi connectivity index (χ4v) is 3.42. The first kappa shape index (κ1) is 13.5. The largest absolute Gasteiger partial charge is 0.316 e. The summed E-state index contributed by atoms with van der Waals surface area (Å²) in [7, 11) is 0. The van der Waals surface area contributed by atoms with Crippen molar-refractivity contribution in [1.29, 1.82) is 0 Å². The molecule has 3 rings (SSSR count). The molecule has 2 aromatic rings. The highest BCUT2D eigenvalue weighted by Crippen LogP contribution is 2.22. The Hall–Kier alpha value is -1.52. The van der Waals surface area contributed by atoms with Gasteiger partial charge in [0, 0.05) is 17.4 Å². The van der Waals surface area contributed by atoms with E-state index in [2.05, 4.69) is 10.3 Å². The molecular formula is C16H18N2OS. The molecule has 0 radical (unpaired) electrons. The third-order valence-electron chi connectivity index (χ3n) is 3.65. The molecule has 2 heterocycles. The Kier molecular flexibility index (Phi) is 4.23. The Labute approximate surface area is 123 Å². The highest BCUT2D eigenvalue weighted by atomic mass is 32.1. The molecule has 1 aliphatic rings. The summed E-state index contributed by atoms with van der Waals surface area (Å²) in [5, 5.41) is 6.27. The summed E-state index contributed by atoms with van der Waals surface area (Å²) in [4.78, 5) is 16.6. The Bertz CT molecular complexity index is 573. The number of carbonyl (C=O) groups is 1. The van der Waals surface area contributed by atoms with Crippen LogP contribution in [0.5, 0.6) is 0 Å². The molecule has 0 amide bonds. The minimum Gasteiger partial charge on any atom is -0.316 e. The first-order chi connectivity index (χ1) is 9.81. The molecule has 104 valence electrons. The Morgan fingerprint density at radius 2 is 2.20 bits per heavy atom. The van der Waals surface area contributed by atoms with Gasteiger partial charge in [0.2, 0.25) is 0 Å². The Morgan fingerprint density at radius 1 is 1.35 bits per heavy atom. The van der Waals surface area contributed by atoms with Crippen LogP contribution < -0.4 is 5.32 Å². The second kappa shape index (κ2) is 6.29. The molecule has 1 aromatic heterocycles. The summed E-state index contributed by atoms with van der Waals surface area (Å²) in [5.74, 6) is 0.837.